The number of hydrogen-bond donors (Lipinski definition) is 0. The molecule has 1 aromatic rings. The first-order valence-electron chi connectivity index (χ1n) is 9.68. The number of nitrogens with zero attached hydrogens (tertiary/aromatic N) is 3. The van der Waals surface area contributed by atoms with Crippen molar-refractivity contribution < 1.29 is 27.4 Å². The molecule has 0 aromatic heterocycles. The van der Waals surface area contributed by atoms with Gasteiger partial charge in [-0.05, 0) is 26.0 Å². The van der Waals surface area contributed by atoms with Crippen molar-refractivity contribution in [1.29, 1.82) is 0 Å². The van der Waals surface area contributed by atoms with Crippen LogP contribution in [0.15, 0.2) is 18.2 Å². The van der Waals surface area contributed by atoms with Gasteiger partial charge in [0.05, 0.1) is 32.0 Å². The second kappa shape index (κ2) is 8.86. The Kier molecular flexibility index (Phi) is 6.67. The van der Waals surface area contributed by atoms with Gasteiger partial charge < -0.3 is 19.1 Å². The minimum atomic E-state index is -3.58. The average Bonchev–Trinajstić information content (AvgIpc) is 2.72. The Morgan fingerprint density at radius 2 is 1.62 bits per heavy atom. The lowest BCUT2D eigenvalue weighted by Gasteiger charge is -2.40. The van der Waals surface area contributed by atoms with E-state index < -0.39 is 10.2 Å². The molecule has 2 heterocycles. The standard InChI is InChI=1S/C19H29N3O6S/c1-14-12-22(13-15(2)28-14)29(24,25)21-9-7-20(8-10-21)19(23)17-6-5-16(26-3)11-18(17)27-4/h5-6,11,14-15H,7-10,12-13H2,1-4H3/t14-,15-/m1/s1. The van der Waals surface area contributed by atoms with Gasteiger partial charge in [0.2, 0.25) is 0 Å². The molecule has 29 heavy (non-hydrogen) atoms. The zero-order valence-corrected chi connectivity index (χ0v) is 18.1. The molecule has 9 nitrogen and oxygen atoms in total. The third-order valence-electron chi connectivity index (χ3n) is 5.20. The van der Waals surface area contributed by atoms with Gasteiger partial charge in [-0.25, -0.2) is 0 Å². The molecule has 0 radical (unpaired) electrons. The molecule has 10 heteroatoms. The summed E-state index contributed by atoms with van der Waals surface area (Å²) < 4.78 is 45.1. The maximum absolute atomic E-state index is 13.0. The number of methoxy groups -OCH3 is 2. The quantitative estimate of drug-likeness (QED) is 0.691. The van der Waals surface area contributed by atoms with Crippen LogP contribution in [-0.4, -0.2) is 93.5 Å². The number of rotatable bonds is 5. The van der Waals surface area contributed by atoms with Crippen molar-refractivity contribution in [3.63, 3.8) is 0 Å². The lowest BCUT2D eigenvalue weighted by Crippen LogP contribution is -2.57. The predicted molar refractivity (Wildman–Crippen MR) is 108 cm³/mol. The molecule has 0 unspecified atom stereocenters. The van der Waals surface area contributed by atoms with Crippen LogP contribution in [0.2, 0.25) is 0 Å². The van der Waals surface area contributed by atoms with Crippen LogP contribution in [0.5, 0.6) is 11.5 Å². The molecule has 0 bridgehead atoms. The highest BCUT2D eigenvalue weighted by atomic mass is 32.2. The summed E-state index contributed by atoms with van der Waals surface area (Å²) in [4.78, 5) is 14.6. The largest absolute Gasteiger partial charge is 0.497 e. The van der Waals surface area contributed by atoms with E-state index in [0.717, 1.165) is 0 Å². The van der Waals surface area contributed by atoms with Crippen LogP contribution in [0.1, 0.15) is 24.2 Å². The van der Waals surface area contributed by atoms with Crippen molar-refractivity contribution in [2.75, 3.05) is 53.5 Å². The maximum atomic E-state index is 13.0. The fourth-order valence-corrected chi connectivity index (χ4v) is 5.50. The van der Waals surface area contributed by atoms with E-state index in [9.17, 15) is 13.2 Å². The van der Waals surface area contributed by atoms with Crippen LogP contribution in [0, 0.1) is 0 Å². The molecule has 2 aliphatic rings. The summed E-state index contributed by atoms with van der Waals surface area (Å²) in [5, 5.41) is 0. The number of carbonyl (C=O) groups is 1. The number of ether oxygens (including phenoxy) is 3. The third-order valence-corrected chi connectivity index (χ3v) is 7.17. The number of benzene rings is 1. The van der Waals surface area contributed by atoms with Gasteiger partial charge in [-0.3, -0.25) is 4.79 Å². The molecule has 0 N–H and O–H groups in total. The molecule has 162 valence electrons. The Morgan fingerprint density at radius 1 is 1.00 bits per heavy atom. The van der Waals surface area contributed by atoms with Crippen LogP contribution in [0.4, 0.5) is 0 Å². The zero-order valence-electron chi connectivity index (χ0n) is 17.3. The average molecular weight is 428 g/mol. The molecule has 2 atom stereocenters. The van der Waals surface area contributed by atoms with E-state index >= 15 is 0 Å². The lowest BCUT2D eigenvalue weighted by atomic mass is 10.1. The molecule has 2 fully saturated rings. The highest BCUT2D eigenvalue weighted by molar-refractivity contribution is 7.86. The highest BCUT2D eigenvalue weighted by Gasteiger charge is 2.37. The Morgan fingerprint density at radius 3 is 2.17 bits per heavy atom. The van der Waals surface area contributed by atoms with E-state index in [1.54, 1.807) is 30.2 Å². The van der Waals surface area contributed by atoms with Gasteiger partial charge in [0.1, 0.15) is 11.5 Å². The summed E-state index contributed by atoms with van der Waals surface area (Å²) in [5.74, 6) is 0.846. The fourth-order valence-electron chi connectivity index (χ4n) is 3.75. The molecule has 1 aromatic carbocycles. The van der Waals surface area contributed by atoms with Crippen LogP contribution in [-0.2, 0) is 14.9 Å². The Balaban J connectivity index is 1.66. The normalized spacial score (nSPS) is 24.3. The SMILES string of the molecule is COc1ccc(C(=O)N2CCN(S(=O)(=O)N3C[C@@H](C)O[C@H](C)C3)CC2)c(OC)c1. The fraction of sp³-hybridized carbons (Fsp3) is 0.632. The van der Waals surface area contributed by atoms with Gasteiger partial charge in [-0.1, -0.05) is 0 Å². The van der Waals surface area contributed by atoms with E-state index in [2.05, 4.69) is 0 Å². The second-order valence-electron chi connectivity index (χ2n) is 7.34. The number of hydrogen-bond acceptors (Lipinski definition) is 6. The summed E-state index contributed by atoms with van der Waals surface area (Å²) in [6.45, 7) is 5.59. The first-order chi connectivity index (χ1) is 13.8. The monoisotopic (exact) mass is 427 g/mol. The minimum absolute atomic E-state index is 0.140. The van der Waals surface area contributed by atoms with E-state index in [4.69, 9.17) is 14.2 Å². The smallest absolute Gasteiger partial charge is 0.282 e. The Hall–Kier alpha value is -1.88. The summed E-state index contributed by atoms with van der Waals surface area (Å²) in [7, 11) is -0.531. The van der Waals surface area contributed by atoms with Crippen molar-refractivity contribution in [1.82, 2.24) is 13.5 Å². The number of morpholine rings is 1. The van der Waals surface area contributed by atoms with Gasteiger partial charge >= 0.3 is 0 Å². The first kappa shape index (κ1) is 21.8. The van der Waals surface area contributed by atoms with Crippen molar-refractivity contribution in [2.24, 2.45) is 0 Å². The zero-order chi connectivity index (χ0) is 21.2. The van der Waals surface area contributed by atoms with Crippen LogP contribution in [0.3, 0.4) is 0 Å². The molecule has 2 aliphatic heterocycles. The number of amides is 1. The molecular weight excluding hydrogens is 398 g/mol. The molecule has 3 rings (SSSR count). The molecular formula is C19H29N3O6S. The summed E-state index contributed by atoms with van der Waals surface area (Å²) in [6, 6.07) is 5.03. The molecule has 2 saturated heterocycles. The first-order valence-corrected chi connectivity index (χ1v) is 11.1. The van der Waals surface area contributed by atoms with Crippen molar-refractivity contribution in [3.8, 4) is 11.5 Å². The third kappa shape index (κ3) is 4.66. The van der Waals surface area contributed by atoms with Crippen LogP contribution in [0.25, 0.3) is 0 Å². The van der Waals surface area contributed by atoms with Gasteiger partial charge in [0.15, 0.2) is 0 Å². The summed E-state index contributed by atoms with van der Waals surface area (Å²) in [5.41, 5.74) is 0.431. The predicted octanol–water partition coefficient (Wildman–Crippen LogP) is 0.816. The van der Waals surface area contributed by atoms with Gasteiger partial charge in [0.25, 0.3) is 16.1 Å². The Labute approximate surface area is 172 Å². The lowest BCUT2D eigenvalue weighted by molar-refractivity contribution is -0.0457. The molecule has 0 spiro atoms. The van der Waals surface area contributed by atoms with E-state index in [-0.39, 0.29) is 31.2 Å². The van der Waals surface area contributed by atoms with Crippen LogP contribution < -0.4 is 9.47 Å². The topological polar surface area (TPSA) is 88.6 Å². The van der Waals surface area contributed by atoms with E-state index in [1.165, 1.54) is 15.7 Å². The Bertz CT molecular complexity index is 828. The van der Waals surface area contributed by atoms with Crippen molar-refractivity contribution in [3.05, 3.63) is 23.8 Å². The van der Waals surface area contributed by atoms with E-state index in [1.807, 2.05) is 13.8 Å². The molecule has 0 saturated carbocycles. The van der Waals surface area contributed by atoms with Gasteiger partial charge in [0, 0.05) is 45.3 Å². The minimum Gasteiger partial charge on any atom is -0.497 e. The van der Waals surface area contributed by atoms with E-state index in [0.29, 0.717) is 43.2 Å². The summed E-state index contributed by atoms with van der Waals surface area (Å²) in [6.07, 6.45) is -0.280. The summed E-state index contributed by atoms with van der Waals surface area (Å²) >= 11 is 0. The van der Waals surface area contributed by atoms with Gasteiger partial charge in [-0.15, -0.1) is 0 Å². The van der Waals surface area contributed by atoms with Crippen molar-refractivity contribution >= 4 is 16.1 Å². The maximum Gasteiger partial charge on any atom is 0.282 e. The van der Waals surface area contributed by atoms with Gasteiger partial charge in [-0.2, -0.15) is 17.0 Å². The molecule has 0 aliphatic carbocycles. The molecule has 1 amide bonds. The number of piperazine rings is 1. The highest BCUT2D eigenvalue weighted by Crippen LogP contribution is 2.26. The number of carbonyl (C=O) groups excluding carboxylic acids is 1. The van der Waals surface area contributed by atoms with Crippen molar-refractivity contribution in [2.45, 2.75) is 26.1 Å². The van der Waals surface area contributed by atoms with Crippen LogP contribution >= 0.6 is 0 Å². The second-order valence-corrected chi connectivity index (χ2v) is 9.27.